The van der Waals surface area contributed by atoms with E-state index in [1.54, 1.807) is 12.1 Å². The lowest BCUT2D eigenvalue weighted by molar-refractivity contribution is 0.224. The number of nitrogens with zero attached hydrogens (tertiary/aromatic N) is 4. The van der Waals surface area contributed by atoms with E-state index in [1.165, 1.54) is 6.07 Å². The van der Waals surface area contributed by atoms with Crippen molar-refractivity contribution < 1.29 is 13.2 Å². The number of hydrogen-bond donors (Lipinski definition) is 1. The fraction of sp³-hybridized carbons (Fsp3) is 0.318. The lowest BCUT2D eigenvalue weighted by Gasteiger charge is -2.37. The summed E-state index contributed by atoms with van der Waals surface area (Å²) >= 11 is 0. The average Bonchev–Trinajstić information content (AvgIpc) is 3.30. The van der Waals surface area contributed by atoms with Gasteiger partial charge in [-0.15, -0.1) is 0 Å². The Balaban J connectivity index is 1.55. The number of hydrogen-bond acceptors (Lipinski definition) is 5. The van der Waals surface area contributed by atoms with Gasteiger partial charge in [-0.1, -0.05) is 30.3 Å². The molecule has 0 amide bonds. The minimum absolute atomic E-state index is 0.0576. The summed E-state index contributed by atoms with van der Waals surface area (Å²) < 4.78 is 45.1. The molecule has 1 fully saturated rings. The van der Waals surface area contributed by atoms with Gasteiger partial charge in [0.05, 0.1) is 12.3 Å². The third-order valence-corrected chi connectivity index (χ3v) is 7.08. The van der Waals surface area contributed by atoms with Crippen molar-refractivity contribution in [2.45, 2.75) is 19.4 Å². The fourth-order valence-electron chi connectivity index (χ4n) is 3.53. The maximum Gasteiger partial charge on any atom is 0.278 e. The van der Waals surface area contributed by atoms with Crippen LogP contribution in [0.4, 0.5) is 18.9 Å². The van der Waals surface area contributed by atoms with Crippen LogP contribution in [0, 0.1) is 5.82 Å². The molecule has 0 aliphatic carbocycles. The maximum absolute atomic E-state index is 15.0. The molecule has 5 nitrogen and oxygen atoms in total. The second kappa shape index (κ2) is 9.76. The van der Waals surface area contributed by atoms with E-state index in [9.17, 15) is 8.78 Å². The Morgan fingerprint density at radius 3 is 2.48 bits per heavy atom. The van der Waals surface area contributed by atoms with E-state index in [4.69, 9.17) is 0 Å². The van der Waals surface area contributed by atoms with Crippen LogP contribution < -0.4 is 9.62 Å². The number of piperazine rings is 1. The normalized spacial score (nSPS) is 18.1. The number of para-hydroxylation sites is 1. The Morgan fingerprint density at radius 2 is 1.84 bits per heavy atom. The lowest BCUT2D eigenvalue weighted by Crippen LogP contribution is -2.43. The molecule has 0 spiro atoms. The van der Waals surface area contributed by atoms with Crippen LogP contribution in [0.5, 0.6) is 0 Å². The van der Waals surface area contributed by atoms with Crippen LogP contribution in [0.3, 0.4) is 0 Å². The molecule has 2 aliphatic heterocycles. The molecule has 2 aromatic rings. The van der Waals surface area contributed by atoms with Gasteiger partial charge < -0.3 is 9.62 Å². The van der Waals surface area contributed by atoms with Gasteiger partial charge in [0.2, 0.25) is 0 Å². The predicted molar refractivity (Wildman–Crippen MR) is 123 cm³/mol. The van der Waals surface area contributed by atoms with Crippen molar-refractivity contribution >= 4 is 33.8 Å². The summed E-state index contributed by atoms with van der Waals surface area (Å²) in [5.41, 5.74) is 2.03. The number of halogens is 3. The molecule has 0 saturated carbocycles. The average molecular weight is 448 g/mol. The van der Waals surface area contributed by atoms with Crippen LogP contribution in [0.15, 0.2) is 58.7 Å². The molecular formula is C22H24F3N5S. The molecular weight excluding hydrogens is 423 g/mol. The van der Waals surface area contributed by atoms with E-state index >= 15 is 4.39 Å². The molecule has 4 rings (SSSR count). The molecule has 9 heteroatoms. The highest BCUT2D eigenvalue weighted by atomic mass is 32.2. The molecule has 1 unspecified atom stereocenters. The summed E-state index contributed by atoms with van der Waals surface area (Å²) in [6, 6.07) is 14.6. The van der Waals surface area contributed by atoms with Gasteiger partial charge >= 0.3 is 0 Å². The van der Waals surface area contributed by atoms with Crippen molar-refractivity contribution in [1.29, 1.82) is 0 Å². The van der Waals surface area contributed by atoms with Crippen molar-refractivity contribution in [3.63, 3.8) is 0 Å². The van der Waals surface area contributed by atoms with E-state index in [0.29, 0.717) is 23.4 Å². The lowest BCUT2D eigenvalue weighted by atomic mass is 10.0. The molecule has 0 aromatic heterocycles. The molecule has 164 valence electrons. The SMILES string of the molecule is C=S(N1CCNCC1)N(Cc1ccc(C2=NN=C(C(F)F)C2)cc1F)c1ccccc1. The molecule has 1 atom stereocenters. The quantitative estimate of drug-likeness (QED) is 0.651. The highest BCUT2D eigenvalue weighted by Gasteiger charge is 2.23. The topological polar surface area (TPSA) is 43.2 Å². The standard InChI is InChI=1S/C22H24F3N5S/c1-31(29-11-9-26-10-12-29)30(18-5-3-2-4-6-18)15-17-8-7-16(13-19(17)23)20-14-21(22(24)25)28-27-20/h2-8,13,22,26H,1,9-12,14-15H2. The van der Waals surface area contributed by atoms with Gasteiger partial charge in [-0.3, -0.25) is 0 Å². The van der Waals surface area contributed by atoms with Gasteiger partial charge in [0.25, 0.3) is 6.43 Å². The first-order valence-corrected chi connectivity index (χ1v) is 11.4. The van der Waals surface area contributed by atoms with Crippen molar-refractivity contribution in [2.75, 3.05) is 30.5 Å². The monoisotopic (exact) mass is 447 g/mol. The first kappa shape index (κ1) is 21.7. The zero-order valence-corrected chi connectivity index (χ0v) is 17.8. The van der Waals surface area contributed by atoms with E-state index in [2.05, 4.69) is 30.0 Å². The number of benzene rings is 2. The molecule has 31 heavy (non-hydrogen) atoms. The number of nitrogens with one attached hydrogen (secondary N) is 1. The number of alkyl halides is 2. The largest absolute Gasteiger partial charge is 0.314 e. The van der Waals surface area contributed by atoms with Crippen molar-refractivity contribution in [2.24, 2.45) is 10.2 Å². The van der Waals surface area contributed by atoms with Gasteiger partial charge in [-0.25, -0.2) is 17.5 Å². The van der Waals surface area contributed by atoms with Crippen LogP contribution in [0.25, 0.3) is 0 Å². The third kappa shape index (κ3) is 5.06. The molecule has 2 aliphatic rings. The molecule has 1 saturated heterocycles. The Bertz CT molecular complexity index is 1000. The van der Waals surface area contributed by atoms with Crippen molar-refractivity contribution in [3.05, 3.63) is 65.5 Å². The molecule has 2 heterocycles. The summed E-state index contributed by atoms with van der Waals surface area (Å²) in [6.45, 7) is 3.90. The summed E-state index contributed by atoms with van der Waals surface area (Å²) in [6.07, 6.45) is -2.71. The van der Waals surface area contributed by atoms with Gasteiger partial charge in [-0.05, 0) is 34.9 Å². The Hall–Kier alpha value is -2.49. The second-order valence-corrected chi connectivity index (χ2v) is 8.95. The third-order valence-electron chi connectivity index (χ3n) is 5.27. The van der Waals surface area contributed by atoms with E-state index in [0.717, 1.165) is 31.9 Å². The zero-order chi connectivity index (χ0) is 21.8. The molecule has 2 aromatic carbocycles. The number of rotatable bonds is 7. The van der Waals surface area contributed by atoms with Crippen LogP contribution in [0.1, 0.15) is 17.5 Å². The highest BCUT2D eigenvalue weighted by Crippen LogP contribution is 2.32. The van der Waals surface area contributed by atoms with Crippen LogP contribution in [-0.2, 0) is 6.54 Å². The first-order valence-electron chi connectivity index (χ1n) is 10.1. The predicted octanol–water partition coefficient (Wildman–Crippen LogP) is 4.08. The smallest absolute Gasteiger partial charge is 0.278 e. The molecule has 0 radical (unpaired) electrons. The second-order valence-electron chi connectivity index (χ2n) is 7.31. The van der Waals surface area contributed by atoms with Crippen molar-refractivity contribution in [1.82, 2.24) is 9.62 Å². The van der Waals surface area contributed by atoms with Crippen LogP contribution in [-0.4, -0.2) is 54.2 Å². The first-order chi connectivity index (χ1) is 15.0. The van der Waals surface area contributed by atoms with E-state index < -0.39 is 23.1 Å². The highest BCUT2D eigenvalue weighted by molar-refractivity contribution is 8.13. The van der Waals surface area contributed by atoms with Gasteiger partial charge in [0.1, 0.15) is 11.5 Å². The maximum atomic E-state index is 15.0. The van der Waals surface area contributed by atoms with E-state index in [1.807, 2.05) is 30.3 Å². The summed E-state index contributed by atoms with van der Waals surface area (Å²) in [4.78, 5) is 0. The molecule has 0 bridgehead atoms. The van der Waals surface area contributed by atoms with Crippen molar-refractivity contribution in [3.8, 4) is 0 Å². The van der Waals surface area contributed by atoms with Gasteiger partial charge in [0.15, 0.2) is 0 Å². The Kier molecular flexibility index (Phi) is 6.84. The Morgan fingerprint density at radius 1 is 1.10 bits per heavy atom. The Labute approximate surface area is 182 Å². The van der Waals surface area contributed by atoms with Crippen LogP contribution >= 0.6 is 10.9 Å². The van der Waals surface area contributed by atoms with E-state index in [-0.39, 0.29) is 12.1 Å². The summed E-state index contributed by atoms with van der Waals surface area (Å²) in [5.74, 6) is 3.99. The zero-order valence-electron chi connectivity index (χ0n) is 17.0. The summed E-state index contributed by atoms with van der Waals surface area (Å²) in [5, 5.41) is 10.7. The van der Waals surface area contributed by atoms with Gasteiger partial charge in [0, 0.05) is 49.4 Å². The summed E-state index contributed by atoms with van der Waals surface area (Å²) in [7, 11) is -0.487. The minimum atomic E-state index is -2.65. The minimum Gasteiger partial charge on any atom is -0.314 e. The van der Waals surface area contributed by atoms with Crippen LogP contribution in [0.2, 0.25) is 0 Å². The number of anilines is 1. The molecule has 1 N–H and O–H groups in total. The fourth-order valence-corrected chi connectivity index (χ4v) is 5.07. The van der Waals surface area contributed by atoms with Gasteiger partial charge in [-0.2, -0.15) is 10.2 Å².